The van der Waals surface area contributed by atoms with Gasteiger partial charge >= 0.3 is 6.03 Å². The summed E-state index contributed by atoms with van der Waals surface area (Å²) in [5, 5.41) is 7.21. The van der Waals surface area contributed by atoms with E-state index >= 15 is 0 Å². The Bertz CT molecular complexity index is 1470. The molecule has 1 N–H and O–H groups in total. The number of nitrogens with zero attached hydrogens (tertiary/aromatic N) is 3. The van der Waals surface area contributed by atoms with Crippen molar-refractivity contribution >= 4 is 17.3 Å². The first kappa shape index (κ1) is 24.2. The van der Waals surface area contributed by atoms with E-state index in [-0.39, 0.29) is 11.9 Å². The number of carbonyl (C=O) groups excluding carboxylic acids is 1. The van der Waals surface area contributed by atoms with Gasteiger partial charge in [0.1, 0.15) is 11.6 Å². The van der Waals surface area contributed by atoms with Gasteiger partial charge in [0.2, 0.25) is 5.82 Å². The largest absolute Gasteiger partial charge is 0.494 e. The molecule has 4 aromatic rings. The topological polar surface area (TPSA) is 80.5 Å². The van der Waals surface area contributed by atoms with Crippen molar-refractivity contribution in [1.82, 2.24) is 15.5 Å². The molecular weight excluding hydrogens is 471 g/mol. The molecular formula is C29H27FN4O3. The molecule has 0 bridgehead atoms. The number of rotatable bonds is 6. The quantitative estimate of drug-likeness (QED) is 0.324. The number of carbonyl (C=O) groups is 1. The molecule has 1 aliphatic heterocycles. The number of allylic oxidation sites excluding steroid dienone is 1. The van der Waals surface area contributed by atoms with Crippen LogP contribution in [-0.4, -0.2) is 22.8 Å². The minimum atomic E-state index is -0.681. The average Bonchev–Trinajstić information content (AvgIpc) is 3.33. The standard InChI is InChI=1S/C29H27FN4O3/c1-5-36-24-11-9-20(10-12-24)27-32-28(37-33-27)25-19(4)34(23-14-17(2)13-18(3)15-23)29(35)31-26(25)21-7-6-8-22(30)16-21/h6-16,26H,5H2,1-4H3,(H,31,35). The number of hydrogen-bond acceptors (Lipinski definition) is 5. The predicted molar refractivity (Wildman–Crippen MR) is 140 cm³/mol. The Morgan fingerprint density at radius 2 is 1.76 bits per heavy atom. The van der Waals surface area contributed by atoms with Crippen LogP contribution >= 0.6 is 0 Å². The highest BCUT2D eigenvalue weighted by atomic mass is 19.1. The van der Waals surface area contributed by atoms with Gasteiger partial charge in [0.05, 0.1) is 23.9 Å². The van der Waals surface area contributed by atoms with E-state index < -0.39 is 11.9 Å². The second kappa shape index (κ2) is 9.89. The lowest BCUT2D eigenvalue weighted by Crippen LogP contribution is -2.46. The molecule has 3 aromatic carbocycles. The van der Waals surface area contributed by atoms with Gasteiger partial charge in [0.25, 0.3) is 5.89 Å². The summed E-state index contributed by atoms with van der Waals surface area (Å²) in [6.45, 7) is 8.29. The number of aromatic nitrogens is 2. The zero-order valence-electron chi connectivity index (χ0n) is 21.1. The first-order valence-corrected chi connectivity index (χ1v) is 12.1. The number of halogens is 1. The summed E-state index contributed by atoms with van der Waals surface area (Å²) < 4.78 is 25.4. The fraction of sp³-hybridized carbons (Fsp3) is 0.207. The molecule has 188 valence electrons. The first-order valence-electron chi connectivity index (χ1n) is 12.1. The SMILES string of the molecule is CCOc1ccc(-c2noc(C3=C(C)N(c4cc(C)cc(C)c4)C(=O)NC3c3cccc(F)c3)n2)cc1. The van der Waals surface area contributed by atoms with Gasteiger partial charge in [-0.15, -0.1) is 0 Å². The molecule has 1 aromatic heterocycles. The van der Waals surface area contributed by atoms with Crippen LogP contribution in [-0.2, 0) is 0 Å². The summed E-state index contributed by atoms with van der Waals surface area (Å²) in [4.78, 5) is 19.7. The Morgan fingerprint density at radius 1 is 1.03 bits per heavy atom. The van der Waals surface area contributed by atoms with Crippen molar-refractivity contribution < 1.29 is 18.4 Å². The van der Waals surface area contributed by atoms with E-state index in [1.807, 2.05) is 70.2 Å². The first-order chi connectivity index (χ1) is 17.8. The minimum absolute atomic E-state index is 0.241. The summed E-state index contributed by atoms with van der Waals surface area (Å²) in [6, 6.07) is 18.5. The molecule has 7 nitrogen and oxygen atoms in total. The Labute approximate surface area is 214 Å². The summed E-state index contributed by atoms with van der Waals surface area (Å²) in [7, 11) is 0. The van der Waals surface area contributed by atoms with Gasteiger partial charge < -0.3 is 14.6 Å². The van der Waals surface area contributed by atoms with E-state index in [2.05, 4.69) is 15.5 Å². The maximum absolute atomic E-state index is 14.2. The number of ether oxygens (including phenoxy) is 1. The molecule has 8 heteroatoms. The van der Waals surface area contributed by atoms with E-state index in [0.717, 1.165) is 22.4 Å². The van der Waals surface area contributed by atoms with Crippen LogP contribution in [0, 0.1) is 19.7 Å². The molecule has 1 unspecified atom stereocenters. The third-order valence-corrected chi connectivity index (χ3v) is 6.21. The van der Waals surface area contributed by atoms with Crippen LogP contribution in [0.5, 0.6) is 5.75 Å². The van der Waals surface area contributed by atoms with E-state index in [4.69, 9.17) is 9.26 Å². The molecule has 2 heterocycles. The van der Waals surface area contributed by atoms with Gasteiger partial charge in [-0.3, -0.25) is 4.90 Å². The maximum Gasteiger partial charge on any atom is 0.326 e. The monoisotopic (exact) mass is 498 g/mol. The third kappa shape index (κ3) is 4.82. The number of anilines is 1. The summed E-state index contributed by atoms with van der Waals surface area (Å²) in [5.74, 6) is 0.982. The van der Waals surface area contributed by atoms with Crippen LogP contribution in [0.1, 0.15) is 42.5 Å². The molecule has 1 atom stereocenters. The van der Waals surface area contributed by atoms with Crippen molar-refractivity contribution in [2.24, 2.45) is 0 Å². The van der Waals surface area contributed by atoms with E-state index in [1.165, 1.54) is 12.1 Å². The van der Waals surface area contributed by atoms with Crippen molar-refractivity contribution in [2.75, 3.05) is 11.5 Å². The van der Waals surface area contributed by atoms with Crippen LogP contribution in [0.4, 0.5) is 14.9 Å². The molecule has 0 spiro atoms. The van der Waals surface area contributed by atoms with Crippen molar-refractivity contribution in [1.29, 1.82) is 0 Å². The molecule has 37 heavy (non-hydrogen) atoms. The van der Waals surface area contributed by atoms with Crippen molar-refractivity contribution in [3.05, 3.63) is 101 Å². The number of nitrogens with one attached hydrogen (secondary N) is 1. The zero-order chi connectivity index (χ0) is 26.1. The van der Waals surface area contributed by atoms with Crippen molar-refractivity contribution in [3.8, 4) is 17.1 Å². The Hall–Kier alpha value is -4.46. The third-order valence-electron chi connectivity index (χ3n) is 6.21. The number of amides is 2. The highest BCUT2D eigenvalue weighted by Crippen LogP contribution is 2.39. The molecule has 0 radical (unpaired) electrons. The van der Waals surface area contributed by atoms with Gasteiger partial charge in [-0.2, -0.15) is 4.98 Å². The second-order valence-electron chi connectivity index (χ2n) is 9.00. The maximum atomic E-state index is 14.2. The van der Waals surface area contributed by atoms with Gasteiger partial charge in [0.15, 0.2) is 0 Å². The van der Waals surface area contributed by atoms with E-state index in [9.17, 15) is 9.18 Å². The molecule has 0 aliphatic carbocycles. The number of urea groups is 1. The lowest BCUT2D eigenvalue weighted by molar-refractivity contribution is 0.244. The molecule has 5 rings (SSSR count). The van der Waals surface area contributed by atoms with Crippen molar-refractivity contribution in [3.63, 3.8) is 0 Å². The molecule has 0 saturated heterocycles. The minimum Gasteiger partial charge on any atom is -0.494 e. The summed E-state index contributed by atoms with van der Waals surface area (Å²) in [5.41, 5.74) is 5.31. The van der Waals surface area contributed by atoms with Gasteiger partial charge in [-0.1, -0.05) is 23.4 Å². The van der Waals surface area contributed by atoms with Crippen LogP contribution in [0.25, 0.3) is 17.0 Å². The molecule has 0 saturated carbocycles. The van der Waals surface area contributed by atoms with Crippen LogP contribution in [0.15, 0.2) is 77.0 Å². The second-order valence-corrected chi connectivity index (χ2v) is 9.00. The normalized spacial score (nSPS) is 15.6. The summed E-state index contributed by atoms with van der Waals surface area (Å²) >= 11 is 0. The fourth-order valence-corrected chi connectivity index (χ4v) is 4.66. The van der Waals surface area contributed by atoms with Gasteiger partial charge in [-0.05, 0) is 92.9 Å². The highest BCUT2D eigenvalue weighted by molar-refractivity contribution is 6.01. The summed E-state index contributed by atoms with van der Waals surface area (Å²) in [6.07, 6.45) is 0. The Balaban J connectivity index is 1.63. The van der Waals surface area contributed by atoms with Gasteiger partial charge in [0, 0.05) is 11.3 Å². The van der Waals surface area contributed by atoms with E-state index in [1.54, 1.807) is 17.0 Å². The van der Waals surface area contributed by atoms with Crippen LogP contribution < -0.4 is 15.0 Å². The lowest BCUT2D eigenvalue weighted by Gasteiger charge is -2.35. The predicted octanol–water partition coefficient (Wildman–Crippen LogP) is 6.59. The average molecular weight is 499 g/mol. The number of aryl methyl sites for hydroxylation is 2. The lowest BCUT2D eigenvalue weighted by atomic mass is 9.94. The van der Waals surface area contributed by atoms with Crippen molar-refractivity contribution in [2.45, 2.75) is 33.7 Å². The molecule has 1 aliphatic rings. The highest BCUT2D eigenvalue weighted by Gasteiger charge is 2.36. The Morgan fingerprint density at radius 3 is 2.43 bits per heavy atom. The Kier molecular flexibility index (Phi) is 6.48. The number of benzene rings is 3. The molecule has 2 amide bonds. The van der Waals surface area contributed by atoms with Crippen LogP contribution in [0.3, 0.4) is 0 Å². The fourth-order valence-electron chi connectivity index (χ4n) is 4.66. The van der Waals surface area contributed by atoms with Gasteiger partial charge in [-0.25, -0.2) is 9.18 Å². The zero-order valence-corrected chi connectivity index (χ0v) is 21.1. The van der Waals surface area contributed by atoms with Crippen LogP contribution in [0.2, 0.25) is 0 Å². The van der Waals surface area contributed by atoms with E-state index in [0.29, 0.717) is 35.0 Å². The number of hydrogen-bond donors (Lipinski definition) is 1. The smallest absolute Gasteiger partial charge is 0.326 e. The molecule has 0 fully saturated rings.